The topological polar surface area (TPSA) is 85.4 Å². The van der Waals surface area contributed by atoms with E-state index in [0.717, 1.165) is 24.1 Å². The van der Waals surface area contributed by atoms with Crippen molar-refractivity contribution in [2.24, 2.45) is 0 Å². The number of nitrogens with one attached hydrogen (secondary N) is 1. The van der Waals surface area contributed by atoms with Crippen LogP contribution < -0.4 is 4.72 Å². The van der Waals surface area contributed by atoms with Crippen LogP contribution in [0.2, 0.25) is 0 Å². The van der Waals surface area contributed by atoms with Crippen LogP contribution in [-0.2, 0) is 14.8 Å². The van der Waals surface area contributed by atoms with Gasteiger partial charge in [-0.15, -0.1) is 11.3 Å². The number of amides is 1. The maximum Gasteiger partial charge on any atom is 0.284 e. The number of sulfonamides is 1. The monoisotopic (exact) mass is 276 g/mol. The standard InChI is InChI=1S/C9H12N2O4S2/c1-17(13,14)11-8(12)6-5-16-9(10-6)7-3-2-4-15-7/h5,7H,2-4H2,1H3,(H,11,12)/t7-/m0/s1. The molecule has 94 valence electrons. The second-order valence-corrected chi connectivity index (χ2v) is 6.41. The van der Waals surface area contributed by atoms with Crippen LogP contribution in [0.1, 0.15) is 34.4 Å². The van der Waals surface area contributed by atoms with E-state index in [4.69, 9.17) is 4.74 Å². The normalized spacial score (nSPS) is 20.4. The summed E-state index contributed by atoms with van der Waals surface area (Å²) in [5.74, 6) is -0.701. The highest BCUT2D eigenvalue weighted by atomic mass is 32.2. The zero-order valence-electron chi connectivity index (χ0n) is 9.17. The fourth-order valence-electron chi connectivity index (χ4n) is 1.53. The van der Waals surface area contributed by atoms with E-state index in [2.05, 4.69) is 4.98 Å². The van der Waals surface area contributed by atoms with E-state index in [1.54, 1.807) is 0 Å². The fraction of sp³-hybridized carbons (Fsp3) is 0.556. The molecule has 2 heterocycles. The van der Waals surface area contributed by atoms with Crippen molar-refractivity contribution in [3.05, 3.63) is 16.1 Å². The molecule has 6 nitrogen and oxygen atoms in total. The first kappa shape index (κ1) is 12.5. The summed E-state index contributed by atoms with van der Waals surface area (Å²) in [5, 5.41) is 2.26. The Morgan fingerprint density at radius 1 is 1.65 bits per heavy atom. The van der Waals surface area contributed by atoms with Gasteiger partial charge in [0.15, 0.2) is 0 Å². The van der Waals surface area contributed by atoms with Gasteiger partial charge in [-0.05, 0) is 12.8 Å². The molecular formula is C9H12N2O4S2. The summed E-state index contributed by atoms with van der Waals surface area (Å²) in [6.07, 6.45) is 2.74. The molecule has 1 fully saturated rings. The number of nitrogens with zero attached hydrogens (tertiary/aromatic N) is 1. The maximum absolute atomic E-state index is 11.5. The summed E-state index contributed by atoms with van der Waals surface area (Å²) in [6, 6.07) is 0. The quantitative estimate of drug-likeness (QED) is 0.877. The molecule has 0 bridgehead atoms. The summed E-state index contributed by atoms with van der Waals surface area (Å²) < 4.78 is 29.1. The Morgan fingerprint density at radius 2 is 2.41 bits per heavy atom. The molecule has 1 aromatic heterocycles. The SMILES string of the molecule is CS(=O)(=O)NC(=O)c1csc([C@@H]2CCCO2)n1. The number of rotatable bonds is 3. The molecule has 8 heteroatoms. The Hall–Kier alpha value is -0.990. The molecule has 17 heavy (non-hydrogen) atoms. The first-order valence-electron chi connectivity index (χ1n) is 5.05. The van der Waals surface area contributed by atoms with Crippen molar-refractivity contribution in [2.75, 3.05) is 12.9 Å². The Kier molecular flexibility index (Phi) is 3.45. The van der Waals surface area contributed by atoms with Gasteiger partial charge in [-0.25, -0.2) is 18.1 Å². The minimum Gasteiger partial charge on any atom is -0.371 e. The lowest BCUT2D eigenvalue weighted by Gasteiger charge is -2.03. The number of thiazole rings is 1. The van der Waals surface area contributed by atoms with Crippen LogP contribution in [0, 0.1) is 0 Å². The molecule has 1 N–H and O–H groups in total. The molecule has 0 spiro atoms. The van der Waals surface area contributed by atoms with Gasteiger partial charge < -0.3 is 4.74 Å². The maximum atomic E-state index is 11.5. The van der Waals surface area contributed by atoms with Crippen molar-refractivity contribution in [3.8, 4) is 0 Å². The minimum absolute atomic E-state index is 0.0558. The van der Waals surface area contributed by atoms with Gasteiger partial charge in [0, 0.05) is 12.0 Å². The Balaban J connectivity index is 2.10. The Morgan fingerprint density at radius 3 is 3.00 bits per heavy atom. The third-order valence-electron chi connectivity index (χ3n) is 2.24. The number of aromatic nitrogens is 1. The molecule has 0 radical (unpaired) electrons. The highest BCUT2D eigenvalue weighted by Gasteiger charge is 2.23. The third kappa shape index (κ3) is 3.24. The van der Waals surface area contributed by atoms with Gasteiger partial charge in [-0.1, -0.05) is 0 Å². The average Bonchev–Trinajstić information content (AvgIpc) is 2.86. The molecule has 1 saturated heterocycles. The smallest absolute Gasteiger partial charge is 0.284 e. The predicted octanol–water partition coefficient (Wildman–Crippen LogP) is 0.684. The van der Waals surface area contributed by atoms with Crippen LogP contribution in [0.5, 0.6) is 0 Å². The highest BCUT2D eigenvalue weighted by molar-refractivity contribution is 7.89. The van der Waals surface area contributed by atoms with Crippen molar-refractivity contribution in [1.29, 1.82) is 0 Å². The van der Waals surface area contributed by atoms with Crippen molar-refractivity contribution in [1.82, 2.24) is 9.71 Å². The van der Waals surface area contributed by atoms with Crippen molar-refractivity contribution in [3.63, 3.8) is 0 Å². The van der Waals surface area contributed by atoms with Crippen molar-refractivity contribution < 1.29 is 17.9 Å². The fourth-order valence-corrected chi connectivity index (χ4v) is 2.86. The predicted molar refractivity (Wildman–Crippen MR) is 62.4 cm³/mol. The zero-order chi connectivity index (χ0) is 12.5. The second-order valence-electron chi connectivity index (χ2n) is 3.78. The Bertz CT molecular complexity index is 517. The van der Waals surface area contributed by atoms with E-state index in [1.165, 1.54) is 16.7 Å². The van der Waals surface area contributed by atoms with Crippen LogP contribution in [0.15, 0.2) is 5.38 Å². The molecule has 1 aromatic rings. The molecule has 0 aromatic carbocycles. The minimum atomic E-state index is -3.55. The molecule has 1 amide bonds. The van der Waals surface area contributed by atoms with E-state index in [-0.39, 0.29) is 11.8 Å². The van der Waals surface area contributed by atoms with E-state index in [0.29, 0.717) is 6.61 Å². The van der Waals surface area contributed by atoms with Gasteiger partial charge in [-0.3, -0.25) is 4.79 Å². The number of hydrogen-bond donors (Lipinski definition) is 1. The van der Waals surface area contributed by atoms with Crippen LogP contribution in [0.3, 0.4) is 0 Å². The van der Waals surface area contributed by atoms with E-state index in [9.17, 15) is 13.2 Å². The van der Waals surface area contributed by atoms with E-state index >= 15 is 0 Å². The van der Waals surface area contributed by atoms with Gasteiger partial charge >= 0.3 is 0 Å². The number of ether oxygens (including phenoxy) is 1. The highest BCUT2D eigenvalue weighted by Crippen LogP contribution is 2.30. The lowest BCUT2D eigenvalue weighted by Crippen LogP contribution is -2.29. The Labute approximate surface area is 103 Å². The molecule has 0 saturated carbocycles. The third-order valence-corrected chi connectivity index (χ3v) is 3.73. The molecule has 1 aliphatic heterocycles. The van der Waals surface area contributed by atoms with Crippen LogP contribution >= 0.6 is 11.3 Å². The summed E-state index contributed by atoms with van der Waals surface area (Å²) >= 11 is 1.31. The summed E-state index contributed by atoms with van der Waals surface area (Å²) in [6.45, 7) is 0.703. The average molecular weight is 276 g/mol. The molecule has 2 rings (SSSR count). The molecule has 1 atom stereocenters. The van der Waals surface area contributed by atoms with Gasteiger partial charge in [0.25, 0.3) is 5.91 Å². The summed E-state index contributed by atoms with van der Waals surface area (Å²) in [4.78, 5) is 15.6. The van der Waals surface area contributed by atoms with Gasteiger partial charge in [0.05, 0.1) is 6.26 Å². The van der Waals surface area contributed by atoms with E-state index in [1.807, 2.05) is 4.72 Å². The number of carbonyl (C=O) groups is 1. The molecule has 0 unspecified atom stereocenters. The lowest BCUT2D eigenvalue weighted by atomic mass is 10.2. The van der Waals surface area contributed by atoms with Gasteiger partial charge in [0.1, 0.15) is 16.8 Å². The number of carbonyl (C=O) groups excluding carboxylic acids is 1. The van der Waals surface area contributed by atoms with Crippen LogP contribution in [0.4, 0.5) is 0 Å². The number of hydrogen-bond acceptors (Lipinski definition) is 6. The van der Waals surface area contributed by atoms with Gasteiger partial charge in [0.2, 0.25) is 10.0 Å². The molecular weight excluding hydrogens is 264 g/mol. The second kappa shape index (κ2) is 4.71. The van der Waals surface area contributed by atoms with Crippen LogP contribution in [-0.4, -0.2) is 32.2 Å². The van der Waals surface area contributed by atoms with E-state index < -0.39 is 15.9 Å². The van der Waals surface area contributed by atoms with Crippen LogP contribution in [0.25, 0.3) is 0 Å². The van der Waals surface area contributed by atoms with Gasteiger partial charge in [-0.2, -0.15) is 0 Å². The zero-order valence-corrected chi connectivity index (χ0v) is 10.8. The first-order chi connectivity index (χ1) is 7.96. The molecule has 0 aliphatic carbocycles. The van der Waals surface area contributed by atoms with Crippen molar-refractivity contribution in [2.45, 2.75) is 18.9 Å². The largest absolute Gasteiger partial charge is 0.371 e. The summed E-state index contributed by atoms with van der Waals surface area (Å²) in [7, 11) is -3.55. The molecule has 1 aliphatic rings. The van der Waals surface area contributed by atoms with Crippen molar-refractivity contribution >= 4 is 27.3 Å². The first-order valence-corrected chi connectivity index (χ1v) is 7.82. The lowest BCUT2D eigenvalue weighted by molar-refractivity contribution is 0.0973. The summed E-state index contributed by atoms with van der Waals surface area (Å²) in [5.41, 5.74) is 0.117.